The van der Waals surface area contributed by atoms with E-state index in [0.717, 1.165) is 61.7 Å². The van der Waals surface area contributed by atoms with Crippen LogP contribution in [0.5, 0.6) is 0 Å². The summed E-state index contributed by atoms with van der Waals surface area (Å²) in [6.45, 7) is 3.47. The summed E-state index contributed by atoms with van der Waals surface area (Å²) < 4.78 is 58.5. The molecule has 1 saturated heterocycles. The summed E-state index contributed by atoms with van der Waals surface area (Å²) in [5, 5.41) is 10.00. The van der Waals surface area contributed by atoms with Gasteiger partial charge in [-0.05, 0) is 104 Å². The van der Waals surface area contributed by atoms with Gasteiger partial charge in [-0.2, -0.15) is 31.3 Å². The maximum Gasteiger partial charge on any atom is 0.243 e. The van der Waals surface area contributed by atoms with Gasteiger partial charge in [-0.1, -0.05) is 37.3 Å². The number of nitrogens with one attached hydrogen (secondary N) is 2. The van der Waals surface area contributed by atoms with Gasteiger partial charge in [-0.25, -0.2) is 26.8 Å². The number of rotatable bonds is 12. The molecule has 0 amide bonds. The van der Waals surface area contributed by atoms with Crippen LogP contribution in [-0.4, -0.2) is 71.6 Å². The molecule has 6 aromatic heterocycles. The van der Waals surface area contributed by atoms with Crippen molar-refractivity contribution in [1.82, 2.24) is 28.5 Å². The van der Waals surface area contributed by atoms with Crippen LogP contribution in [0.25, 0.3) is 66.6 Å². The number of hydrogen-bond donors (Lipinski definition) is 2. The molecule has 1 fully saturated rings. The molecule has 14 heteroatoms. The normalized spacial score (nSPS) is 13.9. The van der Waals surface area contributed by atoms with E-state index < -0.39 is 20.0 Å². The summed E-state index contributed by atoms with van der Waals surface area (Å²) in [6, 6.07) is 20.3. The van der Waals surface area contributed by atoms with Crippen LogP contribution in [0.1, 0.15) is 18.9 Å². The maximum absolute atomic E-state index is 14.7. The van der Waals surface area contributed by atoms with Crippen molar-refractivity contribution in [3.63, 3.8) is 0 Å². The number of fused-ring (bicyclic) bond motifs is 2. The van der Waals surface area contributed by atoms with Gasteiger partial charge in [0.2, 0.25) is 20.0 Å². The number of pyridine rings is 2. The van der Waals surface area contributed by atoms with Crippen molar-refractivity contribution in [2.45, 2.75) is 29.6 Å². The lowest BCUT2D eigenvalue weighted by Gasteiger charge is -2.29. The predicted molar refractivity (Wildman–Crippen MR) is 221 cm³/mol. The Morgan fingerprint density at radius 1 is 0.745 bits per heavy atom. The van der Waals surface area contributed by atoms with Crippen molar-refractivity contribution in [2.24, 2.45) is 0 Å². The molecule has 7 heterocycles. The highest BCUT2D eigenvalue weighted by atomic mass is 32.2. The largest absolute Gasteiger partial charge is 0.345 e. The number of thiophene rings is 2. The molecule has 9 rings (SSSR count). The minimum Gasteiger partial charge on any atom is -0.345 e. The molecule has 0 unspecified atom stereocenters. The van der Waals surface area contributed by atoms with Gasteiger partial charge in [0.15, 0.2) is 0 Å². The van der Waals surface area contributed by atoms with Crippen molar-refractivity contribution < 1.29 is 16.8 Å². The quantitative estimate of drug-likeness (QED) is 0.127. The van der Waals surface area contributed by atoms with Crippen molar-refractivity contribution in [3.05, 3.63) is 119 Å². The SMILES string of the molecule is CCN(CCc1cnc2[nH]cc(-c3ccc(S(=O)(=O)N4CCC4)cc3)c2c1-c1ccsc1)S(=O)(=O)c1ccccc1-c1c[nH]c2nccc(-c3ccsc3)c12. The summed E-state index contributed by atoms with van der Waals surface area (Å²) in [4.78, 5) is 16.5. The second kappa shape index (κ2) is 14.3. The molecule has 1 aliphatic rings. The number of sulfonamides is 2. The number of aromatic amines is 2. The van der Waals surface area contributed by atoms with Gasteiger partial charge < -0.3 is 9.97 Å². The van der Waals surface area contributed by atoms with Gasteiger partial charge in [0, 0.05) is 78.4 Å². The van der Waals surface area contributed by atoms with E-state index in [1.54, 1.807) is 53.1 Å². The van der Waals surface area contributed by atoms with E-state index in [0.29, 0.717) is 36.4 Å². The van der Waals surface area contributed by atoms with Crippen LogP contribution in [-0.2, 0) is 26.5 Å². The van der Waals surface area contributed by atoms with Gasteiger partial charge in [0.1, 0.15) is 11.3 Å². The fourth-order valence-corrected chi connectivity index (χ4v) is 11.9. The summed E-state index contributed by atoms with van der Waals surface area (Å²) in [7, 11) is -7.47. The molecule has 0 aliphatic carbocycles. The van der Waals surface area contributed by atoms with Crippen LogP contribution in [0.3, 0.4) is 0 Å². The van der Waals surface area contributed by atoms with E-state index in [4.69, 9.17) is 4.98 Å². The van der Waals surface area contributed by atoms with Gasteiger partial charge in [0.05, 0.1) is 9.79 Å². The Kier molecular flexibility index (Phi) is 9.27. The van der Waals surface area contributed by atoms with E-state index >= 15 is 0 Å². The van der Waals surface area contributed by atoms with Gasteiger partial charge in [-0.3, -0.25) is 0 Å². The van der Waals surface area contributed by atoms with Crippen LogP contribution in [0.4, 0.5) is 0 Å². The molecular formula is C41H36N6O4S4. The van der Waals surface area contributed by atoms with E-state index in [1.807, 2.05) is 66.6 Å². The number of hydrogen-bond acceptors (Lipinski definition) is 8. The summed E-state index contributed by atoms with van der Waals surface area (Å²) in [5.74, 6) is 0. The lowest BCUT2D eigenvalue weighted by molar-refractivity contribution is 0.309. The standard InChI is InChI=1S/C41H36N6O4S4/c1-2-46(55(50,51)36-7-4-3-6-33(36)35-24-45-40-38(35)32(12-16-42-40)29-14-20-52-25-29)19-13-28-22-43-41-39(37(28)30-15-21-53-26-30)34(23-44-41)27-8-10-31(11-9-27)54(48,49)47-17-5-18-47/h3-4,6-12,14-16,20-26H,2,5,13,17-19H2,1H3,(H,42,45)(H,43,44). The van der Waals surface area contributed by atoms with Crippen LogP contribution in [0.2, 0.25) is 0 Å². The number of benzene rings is 2. The van der Waals surface area contributed by atoms with Gasteiger partial charge in [-0.15, -0.1) is 0 Å². The zero-order valence-electron chi connectivity index (χ0n) is 29.8. The Balaban J connectivity index is 1.07. The van der Waals surface area contributed by atoms with E-state index in [-0.39, 0.29) is 22.9 Å². The van der Waals surface area contributed by atoms with Crippen molar-refractivity contribution >= 4 is 64.8 Å². The number of H-pyrrole nitrogens is 2. The molecule has 10 nitrogen and oxygen atoms in total. The van der Waals surface area contributed by atoms with Crippen LogP contribution < -0.4 is 0 Å². The van der Waals surface area contributed by atoms with Crippen LogP contribution in [0, 0.1) is 0 Å². The fraction of sp³-hybridized carbons (Fsp3) is 0.171. The molecule has 2 N–H and O–H groups in total. The molecule has 1 aliphatic heterocycles. The molecule has 278 valence electrons. The Hall–Kier alpha value is -4.96. The van der Waals surface area contributed by atoms with E-state index in [2.05, 4.69) is 37.8 Å². The zero-order valence-corrected chi connectivity index (χ0v) is 33.0. The average Bonchev–Trinajstić information content (AvgIpc) is 4.01. The molecule has 0 atom stereocenters. The van der Waals surface area contributed by atoms with E-state index in [9.17, 15) is 16.8 Å². The molecule has 0 saturated carbocycles. The average molecular weight is 805 g/mol. The lowest BCUT2D eigenvalue weighted by atomic mass is 9.94. The molecule has 0 spiro atoms. The summed E-state index contributed by atoms with van der Waals surface area (Å²) in [5.41, 5.74) is 9.46. The fourth-order valence-electron chi connectivity index (χ4n) is 7.45. The first-order valence-corrected chi connectivity index (χ1v) is 22.7. The number of nitrogens with zero attached hydrogens (tertiary/aromatic N) is 4. The van der Waals surface area contributed by atoms with Crippen LogP contribution in [0.15, 0.2) is 123 Å². The molecular weight excluding hydrogens is 769 g/mol. The second-order valence-corrected chi connectivity index (χ2v) is 18.8. The third-order valence-electron chi connectivity index (χ3n) is 10.4. The monoisotopic (exact) mass is 804 g/mol. The first-order valence-electron chi connectivity index (χ1n) is 18.0. The Bertz CT molecular complexity index is 2880. The first-order chi connectivity index (χ1) is 26.8. The highest BCUT2D eigenvalue weighted by molar-refractivity contribution is 7.89. The Morgan fingerprint density at radius 3 is 2.15 bits per heavy atom. The van der Waals surface area contributed by atoms with Crippen LogP contribution >= 0.6 is 22.7 Å². The Morgan fingerprint density at radius 2 is 1.45 bits per heavy atom. The minimum atomic E-state index is -3.96. The molecule has 8 aromatic rings. The second-order valence-electron chi connectivity index (χ2n) is 13.4. The topological polar surface area (TPSA) is 132 Å². The molecule has 55 heavy (non-hydrogen) atoms. The molecule has 0 radical (unpaired) electrons. The first kappa shape index (κ1) is 35.7. The number of aromatic nitrogens is 4. The third kappa shape index (κ3) is 6.22. The maximum atomic E-state index is 14.7. The smallest absolute Gasteiger partial charge is 0.243 e. The predicted octanol–water partition coefficient (Wildman–Crippen LogP) is 8.88. The Labute approximate surface area is 327 Å². The lowest BCUT2D eigenvalue weighted by Crippen LogP contribution is -2.41. The summed E-state index contributed by atoms with van der Waals surface area (Å²) >= 11 is 3.20. The van der Waals surface area contributed by atoms with Crippen molar-refractivity contribution in [1.29, 1.82) is 0 Å². The molecule has 2 aromatic carbocycles. The molecule has 0 bridgehead atoms. The van der Waals surface area contributed by atoms with Gasteiger partial charge >= 0.3 is 0 Å². The minimum absolute atomic E-state index is 0.232. The van der Waals surface area contributed by atoms with E-state index in [1.165, 1.54) is 8.61 Å². The third-order valence-corrected chi connectivity index (χ3v) is 15.7. The zero-order chi connectivity index (χ0) is 37.7. The highest BCUT2D eigenvalue weighted by Crippen LogP contribution is 2.41. The number of likely N-dealkylation sites (N-methyl/N-ethyl adjacent to an activating group) is 1. The summed E-state index contributed by atoms with van der Waals surface area (Å²) in [6.07, 6.45) is 8.64. The van der Waals surface area contributed by atoms with Crippen molar-refractivity contribution in [2.75, 3.05) is 26.2 Å². The van der Waals surface area contributed by atoms with Gasteiger partial charge in [0.25, 0.3) is 0 Å². The van der Waals surface area contributed by atoms with Crippen molar-refractivity contribution in [3.8, 4) is 44.5 Å². The highest BCUT2D eigenvalue weighted by Gasteiger charge is 2.30.